The van der Waals surface area contributed by atoms with E-state index in [0.29, 0.717) is 12.6 Å². The molecule has 14 heavy (non-hydrogen) atoms. The maximum atomic E-state index is 13.0. The summed E-state index contributed by atoms with van der Waals surface area (Å²) in [5.41, 5.74) is 2.30. The molecule has 0 amide bonds. The lowest BCUT2D eigenvalue weighted by atomic mass is 9.96. The van der Waals surface area contributed by atoms with E-state index in [1.165, 1.54) is 11.6 Å². The average Bonchev–Trinajstić information content (AvgIpc) is 2.17. The molecule has 0 aromatic heterocycles. The Morgan fingerprint density at radius 1 is 1.50 bits per heavy atom. The molecule has 0 aliphatic carbocycles. The van der Waals surface area contributed by atoms with Crippen LogP contribution in [0.15, 0.2) is 18.2 Å². The molecule has 2 rings (SSSR count). The Hall–Kier alpha value is -0.930. The molecule has 0 spiro atoms. The third-order valence-corrected chi connectivity index (χ3v) is 2.58. The zero-order valence-electron chi connectivity index (χ0n) is 8.22. The summed E-state index contributed by atoms with van der Waals surface area (Å²) in [6, 6.07) is 5.30. The molecular formula is C11H14FNO. The van der Waals surface area contributed by atoms with Crippen LogP contribution in [-0.2, 0) is 17.7 Å². The lowest BCUT2D eigenvalue weighted by Gasteiger charge is -2.25. The SMILES string of the molecule is COCC1Cc2cc(F)ccc2CN1. The van der Waals surface area contributed by atoms with Gasteiger partial charge in [-0.3, -0.25) is 0 Å². The number of hydrogen-bond donors (Lipinski definition) is 1. The predicted octanol–water partition coefficient (Wildman–Crippen LogP) is 1.49. The van der Waals surface area contributed by atoms with E-state index in [9.17, 15) is 4.39 Å². The maximum absolute atomic E-state index is 13.0. The minimum absolute atomic E-state index is 0.151. The van der Waals surface area contributed by atoms with Crippen LogP contribution in [0, 0.1) is 5.82 Å². The highest BCUT2D eigenvalue weighted by Gasteiger charge is 2.17. The van der Waals surface area contributed by atoms with E-state index in [1.807, 2.05) is 6.07 Å². The second-order valence-electron chi connectivity index (χ2n) is 3.65. The summed E-state index contributed by atoms with van der Waals surface area (Å²) in [7, 11) is 1.68. The van der Waals surface area contributed by atoms with Crippen LogP contribution in [0.2, 0.25) is 0 Å². The number of nitrogens with one attached hydrogen (secondary N) is 1. The summed E-state index contributed by atoms with van der Waals surface area (Å²) in [5, 5.41) is 3.35. The molecule has 0 saturated carbocycles. The fraction of sp³-hybridized carbons (Fsp3) is 0.455. The highest BCUT2D eigenvalue weighted by molar-refractivity contribution is 5.30. The topological polar surface area (TPSA) is 21.3 Å². The average molecular weight is 195 g/mol. The van der Waals surface area contributed by atoms with Crippen LogP contribution in [-0.4, -0.2) is 19.8 Å². The minimum Gasteiger partial charge on any atom is -0.383 e. The fourth-order valence-electron chi connectivity index (χ4n) is 1.87. The van der Waals surface area contributed by atoms with E-state index in [0.717, 1.165) is 18.5 Å². The van der Waals surface area contributed by atoms with Gasteiger partial charge in [0.05, 0.1) is 6.61 Å². The van der Waals surface area contributed by atoms with Crippen LogP contribution >= 0.6 is 0 Å². The van der Waals surface area contributed by atoms with Gasteiger partial charge in [-0.15, -0.1) is 0 Å². The summed E-state index contributed by atoms with van der Waals surface area (Å²) in [6.45, 7) is 1.49. The van der Waals surface area contributed by atoms with E-state index < -0.39 is 0 Å². The smallest absolute Gasteiger partial charge is 0.123 e. The van der Waals surface area contributed by atoms with Crippen molar-refractivity contribution in [3.63, 3.8) is 0 Å². The number of fused-ring (bicyclic) bond motifs is 1. The molecule has 1 aromatic carbocycles. The molecule has 1 unspecified atom stereocenters. The van der Waals surface area contributed by atoms with Gasteiger partial charge in [0, 0.05) is 19.7 Å². The highest BCUT2D eigenvalue weighted by atomic mass is 19.1. The molecule has 3 heteroatoms. The van der Waals surface area contributed by atoms with Crippen molar-refractivity contribution < 1.29 is 9.13 Å². The van der Waals surface area contributed by atoms with Gasteiger partial charge in [0.2, 0.25) is 0 Å². The van der Waals surface area contributed by atoms with Crippen molar-refractivity contribution in [2.24, 2.45) is 0 Å². The number of halogens is 1. The molecule has 0 radical (unpaired) electrons. The molecule has 1 aliphatic heterocycles. The summed E-state index contributed by atoms with van der Waals surface area (Å²) in [4.78, 5) is 0. The van der Waals surface area contributed by atoms with E-state index in [-0.39, 0.29) is 5.82 Å². The van der Waals surface area contributed by atoms with E-state index in [2.05, 4.69) is 5.32 Å². The molecule has 0 bridgehead atoms. The van der Waals surface area contributed by atoms with E-state index >= 15 is 0 Å². The molecular weight excluding hydrogens is 181 g/mol. The van der Waals surface area contributed by atoms with Gasteiger partial charge in [-0.25, -0.2) is 4.39 Å². The lowest BCUT2D eigenvalue weighted by Crippen LogP contribution is -2.38. The molecule has 1 heterocycles. The van der Waals surface area contributed by atoms with Crippen molar-refractivity contribution in [1.82, 2.24) is 5.32 Å². The Morgan fingerprint density at radius 3 is 3.14 bits per heavy atom. The Balaban J connectivity index is 2.16. The van der Waals surface area contributed by atoms with Crippen molar-refractivity contribution in [3.8, 4) is 0 Å². The molecule has 1 aliphatic rings. The molecule has 1 atom stereocenters. The van der Waals surface area contributed by atoms with Gasteiger partial charge < -0.3 is 10.1 Å². The zero-order valence-corrected chi connectivity index (χ0v) is 8.22. The zero-order chi connectivity index (χ0) is 9.97. The third-order valence-electron chi connectivity index (χ3n) is 2.58. The Morgan fingerprint density at radius 2 is 2.36 bits per heavy atom. The van der Waals surface area contributed by atoms with Crippen LogP contribution in [0.1, 0.15) is 11.1 Å². The number of hydrogen-bond acceptors (Lipinski definition) is 2. The third kappa shape index (κ3) is 1.94. The monoisotopic (exact) mass is 195 g/mol. The predicted molar refractivity (Wildman–Crippen MR) is 52.6 cm³/mol. The summed E-state index contributed by atoms with van der Waals surface area (Å²) >= 11 is 0. The molecule has 76 valence electrons. The second kappa shape index (κ2) is 4.07. The Kier molecular flexibility index (Phi) is 2.79. The van der Waals surface area contributed by atoms with Gasteiger partial charge in [-0.1, -0.05) is 6.07 Å². The van der Waals surface area contributed by atoms with E-state index in [1.54, 1.807) is 13.2 Å². The molecule has 0 fully saturated rings. The first kappa shape index (κ1) is 9.62. The van der Waals surface area contributed by atoms with Gasteiger partial charge in [-0.2, -0.15) is 0 Å². The van der Waals surface area contributed by atoms with Crippen molar-refractivity contribution in [2.45, 2.75) is 19.0 Å². The first-order chi connectivity index (χ1) is 6.79. The Labute approximate surface area is 83.1 Å². The molecule has 2 nitrogen and oxygen atoms in total. The van der Waals surface area contributed by atoms with Crippen LogP contribution in [0.5, 0.6) is 0 Å². The number of rotatable bonds is 2. The van der Waals surface area contributed by atoms with Crippen molar-refractivity contribution in [1.29, 1.82) is 0 Å². The van der Waals surface area contributed by atoms with Crippen LogP contribution in [0.4, 0.5) is 4.39 Å². The summed E-state index contributed by atoms with van der Waals surface area (Å²) < 4.78 is 18.0. The van der Waals surface area contributed by atoms with Crippen LogP contribution in [0.25, 0.3) is 0 Å². The summed E-state index contributed by atoms with van der Waals surface area (Å²) in [5.74, 6) is -0.151. The second-order valence-corrected chi connectivity index (χ2v) is 3.65. The maximum Gasteiger partial charge on any atom is 0.123 e. The summed E-state index contributed by atoms with van der Waals surface area (Å²) in [6.07, 6.45) is 0.848. The Bertz CT molecular complexity index is 327. The van der Waals surface area contributed by atoms with Crippen molar-refractivity contribution >= 4 is 0 Å². The van der Waals surface area contributed by atoms with Gasteiger partial charge >= 0.3 is 0 Å². The van der Waals surface area contributed by atoms with Gasteiger partial charge in [0.25, 0.3) is 0 Å². The quantitative estimate of drug-likeness (QED) is 0.772. The first-order valence-electron chi connectivity index (χ1n) is 4.79. The lowest BCUT2D eigenvalue weighted by molar-refractivity contribution is 0.162. The van der Waals surface area contributed by atoms with Crippen LogP contribution < -0.4 is 5.32 Å². The van der Waals surface area contributed by atoms with Crippen LogP contribution in [0.3, 0.4) is 0 Å². The van der Waals surface area contributed by atoms with Crippen molar-refractivity contribution in [2.75, 3.05) is 13.7 Å². The molecule has 1 aromatic rings. The van der Waals surface area contributed by atoms with Gasteiger partial charge in [0.1, 0.15) is 5.82 Å². The largest absolute Gasteiger partial charge is 0.383 e. The minimum atomic E-state index is -0.151. The molecule has 1 N–H and O–H groups in total. The fourth-order valence-corrected chi connectivity index (χ4v) is 1.87. The standard InChI is InChI=1S/C11H14FNO/c1-14-7-11-5-9-4-10(12)3-2-8(9)6-13-11/h2-4,11,13H,5-7H2,1H3. The van der Waals surface area contributed by atoms with Gasteiger partial charge in [-0.05, 0) is 29.7 Å². The van der Waals surface area contributed by atoms with Crippen molar-refractivity contribution in [3.05, 3.63) is 35.1 Å². The van der Waals surface area contributed by atoms with Gasteiger partial charge in [0.15, 0.2) is 0 Å². The normalized spacial score (nSPS) is 20.6. The van der Waals surface area contributed by atoms with E-state index in [4.69, 9.17) is 4.74 Å². The number of ether oxygens (including phenoxy) is 1. The highest BCUT2D eigenvalue weighted by Crippen LogP contribution is 2.17. The number of benzene rings is 1. The number of methoxy groups -OCH3 is 1. The molecule has 0 saturated heterocycles. The first-order valence-corrected chi connectivity index (χ1v) is 4.79.